The molecule has 3 aromatic rings. The van der Waals surface area contributed by atoms with E-state index in [-0.39, 0.29) is 23.8 Å². The van der Waals surface area contributed by atoms with Crippen molar-refractivity contribution in [2.45, 2.75) is 25.9 Å². The quantitative estimate of drug-likeness (QED) is 0.732. The van der Waals surface area contributed by atoms with Gasteiger partial charge in [-0.3, -0.25) is 9.69 Å². The second-order valence-corrected chi connectivity index (χ2v) is 7.53. The van der Waals surface area contributed by atoms with Crippen LogP contribution in [0, 0.1) is 5.82 Å². The fraction of sp³-hybridized carbons (Fsp3) is 0.364. The van der Waals surface area contributed by atoms with Gasteiger partial charge in [-0.2, -0.15) is 4.98 Å². The summed E-state index contributed by atoms with van der Waals surface area (Å²) in [4.78, 5) is 24.9. The van der Waals surface area contributed by atoms with Crippen molar-refractivity contribution in [1.82, 2.24) is 19.8 Å². The molecule has 1 amide bonds. The SMILES string of the molecule is COc1nc2[nH]ccc2cc1C(=O)N1CCN(C(C)c2ccc(F)cc2)CC1C. The number of hydrogen-bond donors (Lipinski definition) is 1. The second-order valence-electron chi connectivity index (χ2n) is 7.53. The van der Waals surface area contributed by atoms with Gasteiger partial charge >= 0.3 is 0 Å². The number of aromatic nitrogens is 2. The number of H-pyrrole nitrogens is 1. The molecule has 0 bridgehead atoms. The Morgan fingerprint density at radius 2 is 2.03 bits per heavy atom. The van der Waals surface area contributed by atoms with Gasteiger partial charge in [-0.1, -0.05) is 12.1 Å². The monoisotopic (exact) mass is 396 g/mol. The van der Waals surface area contributed by atoms with Crippen molar-refractivity contribution < 1.29 is 13.9 Å². The highest BCUT2D eigenvalue weighted by atomic mass is 19.1. The van der Waals surface area contributed by atoms with Crippen LogP contribution < -0.4 is 4.74 Å². The highest BCUT2D eigenvalue weighted by Gasteiger charge is 2.32. The number of piperazine rings is 1. The minimum atomic E-state index is -0.230. The van der Waals surface area contributed by atoms with Gasteiger partial charge in [0.15, 0.2) is 0 Å². The number of nitrogens with one attached hydrogen (secondary N) is 1. The Labute approximate surface area is 169 Å². The van der Waals surface area contributed by atoms with E-state index in [1.165, 1.54) is 19.2 Å². The Morgan fingerprint density at radius 3 is 2.72 bits per heavy atom. The molecule has 4 rings (SSSR count). The summed E-state index contributed by atoms with van der Waals surface area (Å²) >= 11 is 0. The molecule has 1 saturated heterocycles. The molecule has 2 unspecified atom stereocenters. The average molecular weight is 396 g/mol. The fourth-order valence-electron chi connectivity index (χ4n) is 4.02. The number of methoxy groups -OCH3 is 1. The van der Waals surface area contributed by atoms with Crippen molar-refractivity contribution in [2.24, 2.45) is 0 Å². The van der Waals surface area contributed by atoms with Gasteiger partial charge in [0.25, 0.3) is 5.91 Å². The molecule has 0 spiro atoms. The Bertz CT molecular complexity index is 1020. The molecule has 1 aromatic carbocycles. The smallest absolute Gasteiger partial charge is 0.259 e. The van der Waals surface area contributed by atoms with E-state index in [2.05, 4.69) is 28.7 Å². The molecule has 1 aliphatic rings. The van der Waals surface area contributed by atoms with Crippen LogP contribution in [0.3, 0.4) is 0 Å². The van der Waals surface area contributed by atoms with Crippen molar-refractivity contribution in [3.8, 4) is 5.88 Å². The van der Waals surface area contributed by atoms with Gasteiger partial charge in [0.05, 0.1) is 7.11 Å². The molecule has 1 fully saturated rings. The standard InChI is InChI=1S/C22H25FN4O2/c1-14-13-26(15(2)16-4-6-18(23)7-5-16)10-11-27(14)22(28)19-12-17-8-9-24-20(17)25-21(19)29-3/h4-9,12,14-15H,10-11,13H2,1-3H3,(H,24,25). The first-order valence-corrected chi connectivity index (χ1v) is 9.80. The largest absolute Gasteiger partial charge is 0.480 e. The van der Waals surface area contributed by atoms with Gasteiger partial charge < -0.3 is 14.6 Å². The summed E-state index contributed by atoms with van der Waals surface area (Å²) in [5.41, 5.74) is 2.25. The zero-order valence-electron chi connectivity index (χ0n) is 16.9. The molecule has 0 aliphatic carbocycles. The predicted molar refractivity (Wildman–Crippen MR) is 110 cm³/mol. The van der Waals surface area contributed by atoms with Crippen molar-refractivity contribution in [1.29, 1.82) is 0 Å². The van der Waals surface area contributed by atoms with Gasteiger partial charge in [-0.05, 0) is 43.7 Å². The van der Waals surface area contributed by atoms with Gasteiger partial charge in [0, 0.05) is 43.3 Å². The Hall–Kier alpha value is -2.93. The van der Waals surface area contributed by atoms with Crippen LogP contribution in [0.4, 0.5) is 4.39 Å². The summed E-state index contributed by atoms with van der Waals surface area (Å²) in [7, 11) is 1.53. The Kier molecular flexibility index (Phi) is 5.24. The number of halogens is 1. The number of carbonyl (C=O) groups excluding carboxylic acids is 1. The molecular weight excluding hydrogens is 371 g/mol. The topological polar surface area (TPSA) is 61.5 Å². The van der Waals surface area contributed by atoms with Crippen molar-refractivity contribution in [2.75, 3.05) is 26.7 Å². The summed E-state index contributed by atoms with van der Waals surface area (Å²) < 4.78 is 18.6. The van der Waals surface area contributed by atoms with E-state index >= 15 is 0 Å². The fourth-order valence-corrected chi connectivity index (χ4v) is 4.02. The van der Waals surface area contributed by atoms with Gasteiger partial charge in [0.2, 0.25) is 5.88 Å². The highest BCUT2D eigenvalue weighted by Crippen LogP contribution is 2.27. The van der Waals surface area contributed by atoms with Crippen LogP contribution in [0.5, 0.6) is 5.88 Å². The maximum Gasteiger partial charge on any atom is 0.259 e. The molecule has 3 heterocycles. The summed E-state index contributed by atoms with van der Waals surface area (Å²) in [5, 5.41) is 0.880. The highest BCUT2D eigenvalue weighted by molar-refractivity contribution is 5.99. The van der Waals surface area contributed by atoms with Crippen LogP contribution in [-0.2, 0) is 0 Å². The number of carbonyl (C=O) groups is 1. The van der Waals surface area contributed by atoms with Crippen LogP contribution >= 0.6 is 0 Å². The molecule has 1 N–H and O–H groups in total. The second kappa shape index (κ2) is 7.83. The summed E-state index contributed by atoms with van der Waals surface area (Å²) in [5.74, 6) is 0.0324. The third-order valence-corrected chi connectivity index (χ3v) is 5.74. The first-order valence-electron chi connectivity index (χ1n) is 9.80. The number of pyridine rings is 1. The summed E-state index contributed by atoms with van der Waals surface area (Å²) in [6.07, 6.45) is 1.80. The number of fused-ring (bicyclic) bond motifs is 1. The minimum absolute atomic E-state index is 0.0331. The average Bonchev–Trinajstić information content (AvgIpc) is 3.19. The zero-order chi connectivity index (χ0) is 20.5. The first-order chi connectivity index (χ1) is 14.0. The zero-order valence-corrected chi connectivity index (χ0v) is 16.9. The van der Waals surface area contributed by atoms with E-state index < -0.39 is 0 Å². The molecule has 1 aliphatic heterocycles. The molecule has 0 radical (unpaired) electrons. The summed E-state index contributed by atoms with van der Waals surface area (Å²) in [6.45, 7) is 6.27. The van der Waals surface area contributed by atoms with E-state index in [0.717, 1.165) is 24.0 Å². The Balaban J connectivity index is 1.51. The molecule has 2 aromatic heterocycles. The Morgan fingerprint density at radius 1 is 1.28 bits per heavy atom. The molecule has 2 atom stereocenters. The number of nitrogens with zero attached hydrogens (tertiary/aromatic N) is 3. The van der Waals surface area contributed by atoms with Crippen molar-refractivity contribution in [3.05, 3.63) is 59.5 Å². The lowest BCUT2D eigenvalue weighted by atomic mass is 10.0. The molecule has 6 nitrogen and oxygen atoms in total. The van der Waals surface area contributed by atoms with Crippen LogP contribution in [0.15, 0.2) is 42.6 Å². The maximum atomic E-state index is 13.3. The van der Waals surface area contributed by atoms with E-state index in [4.69, 9.17) is 4.74 Å². The van der Waals surface area contributed by atoms with Gasteiger partial charge in [0.1, 0.15) is 17.0 Å². The van der Waals surface area contributed by atoms with Crippen molar-refractivity contribution >= 4 is 16.9 Å². The minimum Gasteiger partial charge on any atom is -0.480 e. The number of amides is 1. The van der Waals surface area contributed by atoms with Crippen LogP contribution in [0.1, 0.15) is 35.8 Å². The lowest BCUT2D eigenvalue weighted by molar-refractivity contribution is 0.0403. The van der Waals surface area contributed by atoms with E-state index in [0.29, 0.717) is 23.6 Å². The molecule has 152 valence electrons. The van der Waals surface area contributed by atoms with E-state index in [9.17, 15) is 9.18 Å². The lowest BCUT2D eigenvalue weighted by Gasteiger charge is -2.42. The van der Waals surface area contributed by atoms with Crippen LogP contribution in [0.25, 0.3) is 11.0 Å². The lowest BCUT2D eigenvalue weighted by Crippen LogP contribution is -2.54. The van der Waals surface area contributed by atoms with Gasteiger partial charge in [-0.25, -0.2) is 4.39 Å². The van der Waals surface area contributed by atoms with Gasteiger partial charge in [-0.15, -0.1) is 0 Å². The predicted octanol–water partition coefficient (Wildman–Crippen LogP) is 3.62. The number of benzene rings is 1. The molecule has 29 heavy (non-hydrogen) atoms. The normalized spacial score (nSPS) is 18.8. The van der Waals surface area contributed by atoms with E-state index in [1.54, 1.807) is 6.20 Å². The number of rotatable bonds is 4. The number of hydrogen-bond acceptors (Lipinski definition) is 4. The maximum absolute atomic E-state index is 13.3. The molecular formula is C22H25FN4O2. The van der Waals surface area contributed by atoms with Crippen molar-refractivity contribution in [3.63, 3.8) is 0 Å². The number of ether oxygens (including phenoxy) is 1. The third-order valence-electron chi connectivity index (χ3n) is 5.74. The molecule has 7 heteroatoms. The number of aromatic amines is 1. The summed E-state index contributed by atoms with van der Waals surface area (Å²) in [6, 6.07) is 10.5. The molecule has 0 saturated carbocycles. The first kappa shape index (κ1) is 19.4. The van der Waals surface area contributed by atoms with E-state index in [1.807, 2.05) is 29.2 Å². The third kappa shape index (κ3) is 3.70. The van der Waals surface area contributed by atoms with Crippen LogP contribution in [0.2, 0.25) is 0 Å². The van der Waals surface area contributed by atoms with Crippen LogP contribution in [-0.4, -0.2) is 58.5 Å².